The van der Waals surface area contributed by atoms with Crippen molar-refractivity contribution < 1.29 is 19.1 Å². The second-order valence-corrected chi connectivity index (χ2v) is 7.99. The molecule has 7 heteroatoms. The van der Waals surface area contributed by atoms with Crippen LogP contribution in [0.2, 0.25) is 0 Å². The van der Waals surface area contributed by atoms with E-state index in [2.05, 4.69) is 15.8 Å². The third-order valence-electron chi connectivity index (χ3n) is 5.40. The predicted octanol–water partition coefficient (Wildman–Crippen LogP) is 4.68. The van der Waals surface area contributed by atoms with Gasteiger partial charge < -0.3 is 14.8 Å². The van der Waals surface area contributed by atoms with E-state index in [4.69, 9.17) is 9.47 Å². The van der Waals surface area contributed by atoms with Crippen LogP contribution in [0.25, 0.3) is 0 Å². The summed E-state index contributed by atoms with van der Waals surface area (Å²) in [5, 5.41) is 6.68. The van der Waals surface area contributed by atoms with E-state index >= 15 is 0 Å². The maximum atomic E-state index is 12.3. The predicted molar refractivity (Wildman–Crippen MR) is 133 cm³/mol. The number of anilines is 1. The Labute approximate surface area is 199 Å². The monoisotopic (exact) mass is 459 g/mol. The smallest absolute Gasteiger partial charge is 0.329 e. The van der Waals surface area contributed by atoms with Gasteiger partial charge >= 0.3 is 11.8 Å². The molecule has 3 aromatic rings. The number of nitrogens with zero attached hydrogens (tertiary/aromatic N) is 1. The summed E-state index contributed by atoms with van der Waals surface area (Å²) < 4.78 is 11.4. The van der Waals surface area contributed by atoms with Crippen molar-refractivity contribution in [3.63, 3.8) is 0 Å². The van der Waals surface area contributed by atoms with Crippen molar-refractivity contribution in [3.8, 4) is 11.5 Å². The molecule has 7 nitrogen and oxygen atoms in total. The number of hydrogen-bond acceptors (Lipinski definition) is 5. The van der Waals surface area contributed by atoms with E-state index in [9.17, 15) is 9.59 Å². The molecule has 2 amide bonds. The lowest BCUT2D eigenvalue weighted by atomic mass is 10.1. The van der Waals surface area contributed by atoms with Crippen molar-refractivity contribution in [2.24, 2.45) is 5.10 Å². The SMILES string of the molecule is COc1cc(/C(C)=N/NC(=O)C(=O)Nc2cc(C)ccc2C)ccc1OCc1ccccc1C. The highest BCUT2D eigenvalue weighted by molar-refractivity contribution is 6.39. The number of amides is 2. The van der Waals surface area contributed by atoms with E-state index in [1.807, 2.05) is 69.3 Å². The van der Waals surface area contributed by atoms with Crippen LogP contribution < -0.4 is 20.2 Å². The Kier molecular flexibility index (Phi) is 8.03. The molecular weight excluding hydrogens is 430 g/mol. The fourth-order valence-corrected chi connectivity index (χ4v) is 3.24. The molecule has 0 heterocycles. The molecule has 3 rings (SSSR count). The second-order valence-electron chi connectivity index (χ2n) is 7.99. The highest BCUT2D eigenvalue weighted by atomic mass is 16.5. The number of rotatable bonds is 7. The fraction of sp³-hybridized carbons (Fsp3) is 0.222. The van der Waals surface area contributed by atoms with Gasteiger partial charge in [-0.2, -0.15) is 5.10 Å². The molecule has 0 aliphatic carbocycles. The van der Waals surface area contributed by atoms with Crippen LogP contribution in [0.15, 0.2) is 65.8 Å². The quantitative estimate of drug-likeness (QED) is 0.305. The van der Waals surface area contributed by atoms with Crippen LogP contribution in [0.5, 0.6) is 11.5 Å². The van der Waals surface area contributed by atoms with Gasteiger partial charge in [0.1, 0.15) is 6.61 Å². The van der Waals surface area contributed by atoms with Gasteiger partial charge in [0.2, 0.25) is 0 Å². The zero-order valence-electron chi connectivity index (χ0n) is 20.1. The molecule has 0 bridgehead atoms. The molecule has 0 radical (unpaired) electrons. The first kappa shape index (κ1) is 24.5. The molecule has 34 heavy (non-hydrogen) atoms. The molecule has 0 unspecified atom stereocenters. The highest BCUT2D eigenvalue weighted by Crippen LogP contribution is 2.29. The average Bonchev–Trinajstić information content (AvgIpc) is 2.83. The summed E-state index contributed by atoms with van der Waals surface area (Å²) in [6.45, 7) is 7.95. The van der Waals surface area contributed by atoms with Crippen LogP contribution in [-0.2, 0) is 16.2 Å². The number of hydrazone groups is 1. The van der Waals surface area contributed by atoms with Gasteiger partial charge in [-0.25, -0.2) is 5.43 Å². The van der Waals surface area contributed by atoms with E-state index in [-0.39, 0.29) is 0 Å². The minimum atomic E-state index is -0.856. The van der Waals surface area contributed by atoms with Gasteiger partial charge in [-0.3, -0.25) is 9.59 Å². The number of ether oxygens (including phenoxy) is 2. The Hall–Kier alpha value is -4.13. The van der Waals surface area contributed by atoms with Crippen molar-refractivity contribution in [3.05, 3.63) is 88.5 Å². The number of nitrogens with one attached hydrogen (secondary N) is 2. The molecule has 0 fully saturated rings. The van der Waals surface area contributed by atoms with E-state index in [1.54, 1.807) is 26.2 Å². The first-order chi connectivity index (χ1) is 16.3. The summed E-state index contributed by atoms with van der Waals surface area (Å²) in [5.74, 6) is -0.507. The molecule has 0 saturated carbocycles. The molecular formula is C27H29N3O4. The summed E-state index contributed by atoms with van der Waals surface area (Å²) in [7, 11) is 1.56. The number of carbonyl (C=O) groups is 2. The van der Waals surface area contributed by atoms with Crippen LogP contribution in [0, 0.1) is 20.8 Å². The van der Waals surface area contributed by atoms with E-state index in [0.717, 1.165) is 27.8 Å². The number of aryl methyl sites for hydroxylation is 3. The molecule has 0 aromatic heterocycles. The van der Waals surface area contributed by atoms with Crippen molar-refractivity contribution in [2.75, 3.05) is 12.4 Å². The van der Waals surface area contributed by atoms with Gasteiger partial charge in [0, 0.05) is 11.3 Å². The molecule has 2 N–H and O–H groups in total. The third-order valence-corrected chi connectivity index (χ3v) is 5.40. The summed E-state index contributed by atoms with van der Waals surface area (Å²) >= 11 is 0. The minimum absolute atomic E-state index is 0.418. The van der Waals surface area contributed by atoms with E-state index in [1.165, 1.54) is 0 Å². The van der Waals surface area contributed by atoms with Gasteiger partial charge in [-0.1, -0.05) is 36.4 Å². The highest BCUT2D eigenvalue weighted by Gasteiger charge is 2.15. The minimum Gasteiger partial charge on any atom is -0.493 e. The zero-order chi connectivity index (χ0) is 24.7. The molecule has 0 spiro atoms. The fourth-order valence-electron chi connectivity index (χ4n) is 3.24. The number of benzene rings is 3. The maximum absolute atomic E-state index is 12.3. The van der Waals surface area contributed by atoms with E-state index < -0.39 is 11.8 Å². The van der Waals surface area contributed by atoms with Crippen molar-refractivity contribution in [1.82, 2.24) is 5.43 Å². The third kappa shape index (κ3) is 6.22. The van der Waals surface area contributed by atoms with Gasteiger partial charge in [0.25, 0.3) is 0 Å². The number of hydrogen-bond donors (Lipinski definition) is 2. The number of carbonyl (C=O) groups excluding carboxylic acids is 2. The van der Waals surface area contributed by atoms with Crippen LogP contribution in [0.3, 0.4) is 0 Å². The molecule has 0 atom stereocenters. The molecule has 176 valence electrons. The van der Waals surface area contributed by atoms with Crippen LogP contribution in [-0.4, -0.2) is 24.6 Å². The van der Waals surface area contributed by atoms with Crippen molar-refractivity contribution in [2.45, 2.75) is 34.3 Å². The first-order valence-electron chi connectivity index (χ1n) is 10.9. The maximum Gasteiger partial charge on any atom is 0.329 e. The van der Waals surface area contributed by atoms with Crippen LogP contribution >= 0.6 is 0 Å². The normalized spacial score (nSPS) is 11.0. The lowest BCUT2D eigenvalue weighted by molar-refractivity contribution is -0.136. The van der Waals surface area contributed by atoms with Crippen LogP contribution in [0.4, 0.5) is 5.69 Å². The number of methoxy groups -OCH3 is 1. The summed E-state index contributed by atoms with van der Waals surface area (Å²) in [4.78, 5) is 24.5. The largest absolute Gasteiger partial charge is 0.493 e. The van der Waals surface area contributed by atoms with Gasteiger partial charge in [-0.15, -0.1) is 0 Å². The summed E-state index contributed by atoms with van der Waals surface area (Å²) in [6, 6.07) is 19.0. The molecule has 3 aromatic carbocycles. The second kappa shape index (κ2) is 11.1. The van der Waals surface area contributed by atoms with Gasteiger partial charge in [0.05, 0.1) is 12.8 Å². The first-order valence-corrected chi connectivity index (χ1v) is 10.9. The average molecular weight is 460 g/mol. The lowest BCUT2D eigenvalue weighted by Gasteiger charge is -2.13. The van der Waals surface area contributed by atoms with Crippen molar-refractivity contribution >= 4 is 23.2 Å². The molecule has 0 aliphatic heterocycles. The van der Waals surface area contributed by atoms with Gasteiger partial charge in [-0.05, 0) is 74.2 Å². The molecule has 0 saturated heterocycles. The Balaban J connectivity index is 1.65. The Bertz CT molecular complexity index is 1230. The Morgan fingerprint density at radius 3 is 2.38 bits per heavy atom. The Morgan fingerprint density at radius 1 is 0.882 bits per heavy atom. The topological polar surface area (TPSA) is 89.0 Å². The van der Waals surface area contributed by atoms with E-state index in [0.29, 0.717) is 29.5 Å². The lowest BCUT2D eigenvalue weighted by Crippen LogP contribution is -2.33. The van der Waals surface area contributed by atoms with Gasteiger partial charge in [0.15, 0.2) is 11.5 Å². The summed E-state index contributed by atoms with van der Waals surface area (Å²) in [6.07, 6.45) is 0. The summed E-state index contributed by atoms with van der Waals surface area (Å²) in [5.41, 5.74) is 8.21. The Morgan fingerprint density at radius 2 is 1.65 bits per heavy atom. The van der Waals surface area contributed by atoms with Crippen LogP contribution in [0.1, 0.15) is 34.7 Å². The van der Waals surface area contributed by atoms with Crippen molar-refractivity contribution in [1.29, 1.82) is 0 Å². The standard InChI is InChI=1S/C27H29N3O4/c1-17-10-11-19(3)23(14-17)28-26(31)27(32)30-29-20(4)21-12-13-24(25(15-21)33-5)34-16-22-9-7-6-8-18(22)2/h6-15H,16H2,1-5H3,(H,28,31)(H,30,32)/b29-20+. The molecule has 0 aliphatic rings. The zero-order valence-corrected chi connectivity index (χ0v) is 20.1.